The lowest BCUT2D eigenvalue weighted by molar-refractivity contribution is -0.127. The summed E-state index contributed by atoms with van der Waals surface area (Å²) in [5.74, 6) is -0.336. The Labute approximate surface area is 136 Å². The minimum absolute atomic E-state index is 0.0164. The highest BCUT2D eigenvalue weighted by atomic mass is 35.5. The predicted octanol–water partition coefficient (Wildman–Crippen LogP) is 2.90. The first-order valence-corrected chi connectivity index (χ1v) is 8.29. The van der Waals surface area contributed by atoms with Crippen molar-refractivity contribution < 1.29 is 9.59 Å². The SMILES string of the molecule is CCCCCNC(=O)C1CC1C(=O)NCc1ccc(Cl)cc1. The normalized spacial score (nSPS) is 19.5. The van der Waals surface area contributed by atoms with E-state index in [-0.39, 0.29) is 23.7 Å². The molecule has 2 amide bonds. The van der Waals surface area contributed by atoms with E-state index in [2.05, 4.69) is 17.6 Å². The van der Waals surface area contributed by atoms with Crippen molar-refractivity contribution in [3.63, 3.8) is 0 Å². The molecule has 0 bridgehead atoms. The number of unbranched alkanes of at least 4 members (excludes halogenated alkanes) is 2. The van der Waals surface area contributed by atoms with Crippen molar-refractivity contribution in [1.82, 2.24) is 10.6 Å². The number of amides is 2. The van der Waals surface area contributed by atoms with Crippen LogP contribution in [-0.2, 0) is 16.1 Å². The molecule has 0 heterocycles. The Morgan fingerprint density at radius 3 is 2.36 bits per heavy atom. The molecule has 2 N–H and O–H groups in total. The molecule has 5 heteroatoms. The van der Waals surface area contributed by atoms with Crippen LogP contribution in [-0.4, -0.2) is 18.4 Å². The van der Waals surface area contributed by atoms with Gasteiger partial charge in [-0.15, -0.1) is 0 Å². The lowest BCUT2D eigenvalue weighted by atomic mass is 10.2. The van der Waals surface area contributed by atoms with Crippen molar-refractivity contribution >= 4 is 23.4 Å². The molecule has 0 spiro atoms. The Bertz CT molecular complexity index is 516. The van der Waals surface area contributed by atoms with E-state index in [1.165, 1.54) is 0 Å². The summed E-state index contributed by atoms with van der Waals surface area (Å²) in [4.78, 5) is 23.9. The number of hydrogen-bond donors (Lipinski definition) is 2. The van der Waals surface area contributed by atoms with Crippen LogP contribution < -0.4 is 10.6 Å². The van der Waals surface area contributed by atoms with Gasteiger partial charge in [0.15, 0.2) is 0 Å². The molecule has 1 aromatic carbocycles. The fourth-order valence-corrected chi connectivity index (χ4v) is 2.54. The maximum Gasteiger partial charge on any atom is 0.224 e. The van der Waals surface area contributed by atoms with Crippen LogP contribution in [0.15, 0.2) is 24.3 Å². The Balaban J connectivity index is 1.67. The maximum atomic E-state index is 12.0. The number of rotatable bonds is 8. The second-order valence-corrected chi connectivity index (χ2v) is 6.23. The minimum Gasteiger partial charge on any atom is -0.356 e. The van der Waals surface area contributed by atoms with Crippen LogP contribution in [0.4, 0.5) is 0 Å². The van der Waals surface area contributed by atoms with Gasteiger partial charge in [-0.1, -0.05) is 43.5 Å². The third kappa shape index (κ3) is 5.02. The molecular weight excluding hydrogens is 300 g/mol. The van der Waals surface area contributed by atoms with Gasteiger partial charge in [-0.05, 0) is 30.5 Å². The summed E-state index contributed by atoms with van der Waals surface area (Å²) in [7, 11) is 0. The molecule has 1 saturated carbocycles. The highest BCUT2D eigenvalue weighted by molar-refractivity contribution is 6.30. The van der Waals surface area contributed by atoms with Gasteiger partial charge in [0.2, 0.25) is 11.8 Å². The van der Waals surface area contributed by atoms with Gasteiger partial charge < -0.3 is 10.6 Å². The van der Waals surface area contributed by atoms with Crippen molar-refractivity contribution in [2.75, 3.05) is 6.54 Å². The van der Waals surface area contributed by atoms with Crippen LogP contribution in [0.5, 0.6) is 0 Å². The number of nitrogens with one attached hydrogen (secondary N) is 2. The first-order valence-electron chi connectivity index (χ1n) is 7.91. The van der Waals surface area contributed by atoms with Gasteiger partial charge in [-0.2, -0.15) is 0 Å². The van der Waals surface area contributed by atoms with Crippen molar-refractivity contribution in [3.05, 3.63) is 34.9 Å². The fraction of sp³-hybridized carbons (Fsp3) is 0.529. The maximum absolute atomic E-state index is 12.0. The standard InChI is InChI=1S/C17H23ClN2O2/c1-2-3-4-9-19-16(21)14-10-15(14)17(22)20-11-12-5-7-13(18)8-6-12/h5-8,14-15H,2-4,9-11H2,1H3,(H,19,21)(H,20,22). The first-order chi connectivity index (χ1) is 10.6. The minimum atomic E-state index is -0.168. The third-order valence-electron chi connectivity index (χ3n) is 3.92. The molecule has 22 heavy (non-hydrogen) atoms. The average Bonchev–Trinajstić information content (AvgIpc) is 3.31. The summed E-state index contributed by atoms with van der Waals surface area (Å²) in [6.45, 7) is 3.31. The van der Waals surface area contributed by atoms with Crippen LogP contribution in [0.2, 0.25) is 5.02 Å². The van der Waals surface area contributed by atoms with E-state index in [0.29, 0.717) is 24.5 Å². The average molecular weight is 323 g/mol. The van der Waals surface area contributed by atoms with E-state index in [0.717, 1.165) is 24.8 Å². The molecule has 1 aliphatic rings. The van der Waals surface area contributed by atoms with Crippen molar-refractivity contribution in [2.45, 2.75) is 39.2 Å². The summed E-state index contributed by atoms with van der Waals surface area (Å²) >= 11 is 5.82. The Hall–Kier alpha value is -1.55. The van der Waals surface area contributed by atoms with Gasteiger partial charge in [0, 0.05) is 18.1 Å². The topological polar surface area (TPSA) is 58.2 Å². The predicted molar refractivity (Wildman–Crippen MR) is 87.4 cm³/mol. The van der Waals surface area contributed by atoms with Crippen LogP contribution in [0.25, 0.3) is 0 Å². The van der Waals surface area contributed by atoms with E-state index < -0.39 is 0 Å². The summed E-state index contributed by atoms with van der Waals surface area (Å²) < 4.78 is 0. The molecule has 0 aromatic heterocycles. The first kappa shape index (κ1) is 16.8. The second kappa shape index (κ2) is 8.18. The van der Waals surface area contributed by atoms with Crippen LogP contribution in [0.1, 0.15) is 38.2 Å². The second-order valence-electron chi connectivity index (χ2n) is 5.79. The van der Waals surface area contributed by atoms with Crippen LogP contribution in [0.3, 0.4) is 0 Å². The van der Waals surface area contributed by atoms with Gasteiger partial charge in [0.05, 0.1) is 11.8 Å². The molecule has 2 atom stereocenters. The molecular formula is C17H23ClN2O2. The van der Waals surface area contributed by atoms with E-state index in [4.69, 9.17) is 11.6 Å². The van der Waals surface area contributed by atoms with Gasteiger partial charge in [0.25, 0.3) is 0 Å². The molecule has 0 saturated heterocycles. The van der Waals surface area contributed by atoms with Crippen molar-refractivity contribution in [2.24, 2.45) is 11.8 Å². The van der Waals surface area contributed by atoms with Crippen LogP contribution in [0, 0.1) is 11.8 Å². The largest absolute Gasteiger partial charge is 0.356 e. The number of hydrogen-bond acceptors (Lipinski definition) is 2. The number of benzene rings is 1. The molecule has 2 rings (SSSR count). The van der Waals surface area contributed by atoms with E-state index in [1.807, 2.05) is 12.1 Å². The van der Waals surface area contributed by atoms with Gasteiger partial charge in [-0.25, -0.2) is 0 Å². The molecule has 1 fully saturated rings. The smallest absolute Gasteiger partial charge is 0.224 e. The molecule has 2 unspecified atom stereocenters. The molecule has 1 aliphatic carbocycles. The Kier molecular flexibility index (Phi) is 6.25. The highest BCUT2D eigenvalue weighted by Crippen LogP contribution is 2.38. The zero-order valence-corrected chi connectivity index (χ0v) is 13.7. The van der Waals surface area contributed by atoms with Gasteiger partial charge >= 0.3 is 0 Å². The van der Waals surface area contributed by atoms with E-state index in [9.17, 15) is 9.59 Å². The monoisotopic (exact) mass is 322 g/mol. The lowest BCUT2D eigenvalue weighted by Gasteiger charge is -2.06. The zero-order chi connectivity index (χ0) is 15.9. The summed E-state index contributed by atoms with van der Waals surface area (Å²) in [5, 5.41) is 6.47. The summed E-state index contributed by atoms with van der Waals surface area (Å²) in [6, 6.07) is 7.36. The van der Waals surface area contributed by atoms with E-state index in [1.54, 1.807) is 12.1 Å². The van der Waals surface area contributed by atoms with Crippen LogP contribution >= 0.6 is 11.6 Å². The van der Waals surface area contributed by atoms with Crippen molar-refractivity contribution in [3.8, 4) is 0 Å². The van der Waals surface area contributed by atoms with E-state index >= 15 is 0 Å². The molecule has 0 radical (unpaired) electrons. The third-order valence-corrected chi connectivity index (χ3v) is 4.18. The number of carbonyl (C=O) groups excluding carboxylic acids is 2. The van der Waals surface area contributed by atoms with Crippen molar-refractivity contribution in [1.29, 1.82) is 0 Å². The summed E-state index contributed by atoms with van der Waals surface area (Å²) in [5.41, 5.74) is 0.999. The zero-order valence-electron chi connectivity index (χ0n) is 12.9. The molecule has 120 valence electrons. The number of halogens is 1. The quantitative estimate of drug-likeness (QED) is 0.723. The molecule has 1 aromatic rings. The Morgan fingerprint density at radius 1 is 1.09 bits per heavy atom. The summed E-state index contributed by atoms with van der Waals surface area (Å²) in [6.07, 6.45) is 3.92. The highest BCUT2D eigenvalue weighted by Gasteiger charge is 2.47. The number of carbonyl (C=O) groups is 2. The fourth-order valence-electron chi connectivity index (χ4n) is 2.41. The van der Waals surface area contributed by atoms with Gasteiger partial charge in [0.1, 0.15) is 0 Å². The molecule has 0 aliphatic heterocycles. The Morgan fingerprint density at radius 2 is 1.73 bits per heavy atom. The molecule has 4 nitrogen and oxygen atoms in total. The lowest BCUT2D eigenvalue weighted by Crippen LogP contribution is -2.30. The van der Waals surface area contributed by atoms with Gasteiger partial charge in [-0.3, -0.25) is 9.59 Å².